The third-order valence-corrected chi connectivity index (χ3v) is 3.07. The molecule has 2 aromatic rings. The number of carbonyl (C=O) groups is 1. The smallest absolute Gasteiger partial charge is 0.419 e. The summed E-state index contributed by atoms with van der Waals surface area (Å²) in [5.41, 5.74) is 0.273. The molecule has 0 unspecified atom stereocenters. The van der Waals surface area contributed by atoms with Crippen LogP contribution < -0.4 is 4.90 Å². The summed E-state index contributed by atoms with van der Waals surface area (Å²) in [5.74, 6) is 0. The van der Waals surface area contributed by atoms with Gasteiger partial charge in [0.1, 0.15) is 5.69 Å². The van der Waals surface area contributed by atoms with Gasteiger partial charge in [0.25, 0.3) is 5.69 Å². The molecular formula is C15H13ClN2O4. The number of hydrogen-bond acceptors (Lipinski definition) is 4. The van der Waals surface area contributed by atoms with E-state index in [4.69, 9.17) is 16.3 Å². The van der Waals surface area contributed by atoms with Gasteiger partial charge in [-0.25, -0.2) is 9.69 Å². The molecule has 0 fully saturated rings. The minimum absolute atomic E-state index is 0.0575. The molecule has 22 heavy (non-hydrogen) atoms. The van der Waals surface area contributed by atoms with Gasteiger partial charge in [-0.1, -0.05) is 29.8 Å². The lowest BCUT2D eigenvalue weighted by Gasteiger charge is -2.22. The van der Waals surface area contributed by atoms with Crippen molar-refractivity contribution in [1.29, 1.82) is 0 Å². The molecule has 0 atom stereocenters. The summed E-state index contributed by atoms with van der Waals surface area (Å²) >= 11 is 5.93. The number of anilines is 2. The van der Waals surface area contributed by atoms with Gasteiger partial charge < -0.3 is 4.74 Å². The van der Waals surface area contributed by atoms with Gasteiger partial charge in [-0.2, -0.15) is 0 Å². The minimum atomic E-state index is -0.709. The lowest BCUT2D eigenvalue weighted by Crippen LogP contribution is -2.27. The van der Waals surface area contributed by atoms with Crippen molar-refractivity contribution in [3.05, 3.63) is 63.7 Å². The lowest BCUT2D eigenvalue weighted by molar-refractivity contribution is -0.384. The maximum atomic E-state index is 12.3. The van der Waals surface area contributed by atoms with Gasteiger partial charge in [-0.05, 0) is 31.2 Å². The molecule has 0 spiro atoms. The lowest BCUT2D eigenvalue weighted by atomic mass is 10.2. The Bertz CT molecular complexity index is 691. The van der Waals surface area contributed by atoms with E-state index >= 15 is 0 Å². The van der Waals surface area contributed by atoms with Gasteiger partial charge in [0.2, 0.25) is 0 Å². The Morgan fingerprint density at radius 3 is 2.55 bits per heavy atom. The molecule has 0 bridgehead atoms. The largest absolute Gasteiger partial charge is 0.449 e. The number of hydrogen-bond donors (Lipinski definition) is 0. The minimum Gasteiger partial charge on any atom is -0.449 e. The molecule has 0 saturated carbocycles. The molecule has 7 heteroatoms. The molecular weight excluding hydrogens is 308 g/mol. The van der Waals surface area contributed by atoms with Gasteiger partial charge >= 0.3 is 6.09 Å². The molecule has 0 N–H and O–H groups in total. The van der Waals surface area contributed by atoms with Crippen LogP contribution in [0, 0.1) is 10.1 Å². The Labute approximate surface area is 132 Å². The summed E-state index contributed by atoms with van der Waals surface area (Å²) in [4.78, 5) is 24.1. The highest BCUT2D eigenvalue weighted by Gasteiger charge is 2.27. The highest BCUT2D eigenvalue weighted by Crippen LogP contribution is 2.36. The summed E-state index contributed by atoms with van der Waals surface area (Å²) in [6.07, 6.45) is -0.709. The van der Waals surface area contributed by atoms with Crippen molar-refractivity contribution in [2.75, 3.05) is 11.5 Å². The second-order valence-electron chi connectivity index (χ2n) is 4.26. The zero-order valence-electron chi connectivity index (χ0n) is 11.7. The second-order valence-corrected chi connectivity index (χ2v) is 4.70. The summed E-state index contributed by atoms with van der Waals surface area (Å²) in [5, 5.41) is 11.5. The van der Waals surface area contributed by atoms with E-state index in [0.29, 0.717) is 5.69 Å². The maximum Gasteiger partial charge on any atom is 0.419 e. The number of para-hydroxylation sites is 1. The molecule has 0 aromatic heterocycles. The van der Waals surface area contributed by atoms with Crippen molar-refractivity contribution in [2.45, 2.75) is 6.92 Å². The molecule has 6 nitrogen and oxygen atoms in total. The van der Waals surface area contributed by atoms with E-state index in [-0.39, 0.29) is 23.0 Å². The number of rotatable bonds is 4. The predicted octanol–water partition coefficient (Wildman–Crippen LogP) is 4.54. The highest BCUT2D eigenvalue weighted by molar-refractivity contribution is 6.31. The molecule has 114 valence electrons. The zero-order chi connectivity index (χ0) is 16.1. The first-order chi connectivity index (χ1) is 10.5. The van der Waals surface area contributed by atoms with E-state index in [1.165, 1.54) is 18.2 Å². The fourth-order valence-corrected chi connectivity index (χ4v) is 2.10. The number of ether oxygens (including phenoxy) is 1. The molecule has 0 saturated heterocycles. The summed E-state index contributed by atoms with van der Waals surface area (Å²) in [6, 6.07) is 12.5. The van der Waals surface area contributed by atoms with Crippen LogP contribution in [0.25, 0.3) is 0 Å². The third kappa shape index (κ3) is 3.35. The molecule has 0 aliphatic rings. The Balaban J connectivity index is 2.62. The van der Waals surface area contributed by atoms with Crippen LogP contribution in [-0.2, 0) is 4.74 Å². The standard InChI is InChI=1S/C15H13ClN2O4/c1-2-22-15(19)17(12-6-4-3-5-7-12)14-10-11(16)8-9-13(14)18(20)21/h3-10H,2H2,1H3. The monoisotopic (exact) mass is 320 g/mol. The van der Waals surface area contributed by atoms with Crippen molar-refractivity contribution in [1.82, 2.24) is 0 Å². The van der Waals surface area contributed by atoms with Crippen LogP contribution >= 0.6 is 11.6 Å². The molecule has 2 rings (SSSR count). The highest BCUT2D eigenvalue weighted by atomic mass is 35.5. The van der Waals surface area contributed by atoms with Crippen LogP contribution in [-0.4, -0.2) is 17.6 Å². The van der Waals surface area contributed by atoms with Crippen LogP contribution in [0.15, 0.2) is 48.5 Å². The predicted molar refractivity (Wildman–Crippen MR) is 83.7 cm³/mol. The number of halogens is 1. The number of amides is 1. The molecule has 0 aliphatic carbocycles. The Hall–Kier alpha value is -2.60. The normalized spacial score (nSPS) is 10.1. The van der Waals surface area contributed by atoms with Crippen LogP contribution in [0.5, 0.6) is 0 Å². The summed E-state index contributed by atoms with van der Waals surface area (Å²) < 4.78 is 5.01. The summed E-state index contributed by atoms with van der Waals surface area (Å²) in [6.45, 7) is 1.81. The third-order valence-electron chi connectivity index (χ3n) is 2.84. The van der Waals surface area contributed by atoms with Crippen molar-refractivity contribution in [2.24, 2.45) is 0 Å². The fourth-order valence-electron chi connectivity index (χ4n) is 1.94. The number of carbonyl (C=O) groups excluding carboxylic acids is 1. The van der Waals surface area contributed by atoms with E-state index in [9.17, 15) is 14.9 Å². The molecule has 1 amide bonds. The fraction of sp³-hybridized carbons (Fsp3) is 0.133. The Morgan fingerprint density at radius 1 is 1.27 bits per heavy atom. The second kappa shape index (κ2) is 6.91. The Morgan fingerprint density at radius 2 is 1.95 bits per heavy atom. The zero-order valence-corrected chi connectivity index (χ0v) is 12.5. The molecule has 0 aliphatic heterocycles. The van der Waals surface area contributed by atoms with Crippen LogP contribution in [0.1, 0.15) is 6.92 Å². The van der Waals surface area contributed by atoms with E-state index < -0.39 is 11.0 Å². The van der Waals surface area contributed by atoms with Gasteiger partial charge in [0.05, 0.1) is 17.2 Å². The van der Waals surface area contributed by atoms with Gasteiger partial charge in [-0.3, -0.25) is 10.1 Å². The summed E-state index contributed by atoms with van der Waals surface area (Å²) in [7, 11) is 0. The van der Waals surface area contributed by atoms with Crippen LogP contribution in [0.2, 0.25) is 5.02 Å². The van der Waals surface area contributed by atoms with Crippen molar-refractivity contribution in [3.63, 3.8) is 0 Å². The van der Waals surface area contributed by atoms with Gasteiger partial charge in [0, 0.05) is 11.1 Å². The molecule has 0 radical (unpaired) electrons. The number of nitro benzene ring substituents is 1. The molecule has 2 aromatic carbocycles. The van der Waals surface area contributed by atoms with Crippen molar-refractivity contribution in [3.8, 4) is 0 Å². The van der Waals surface area contributed by atoms with Crippen molar-refractivity contribution >= 4 is 34.8 Å². The van der Waals surface area contributed by atoms with E-state index in [1.54, 1.807) is 37.3 Å². The van der Waals surface area contributed by atoms with E-state index in [2.05, 4.69) is 0 Å². The quantitative estimate of drug-likeness (QED) is 0.612. The van der Waals surface area contributed by atoms with Crippen LogP contribution in [0.3, 0.4) is 0 Å². The van der Waals surface area contributed by atoms with E-state index in [1.807, 2.05) is 0 Å². The van der Waals surface area contributed by atoms with Gasteiger partial charge in [0.15, 0.2) is 0 Å². The number of nitrogens with zero attached hydrogens (tertiary/aromatic N) is 2. The molecule has 0 heterocycles. The van der Waals surface area contributed by atoms with E-state index in [0.717, 1.165) is 4.90 Å². The SMILES string of the molecule is CCOC(=O)N(c1ccccc1)c1cc(Cl)ccc1[N+](=O)[O-]. The van der Waals surface area contributed by atoms with Crippen molar-refractivity contribution < 1.29 is 14.5 Å². The first kappa shape index (κ1) is 15.8. The average Bonchev–Trinajstić information content (AvgIpc) is 2.48. The average molecular weight is 321 g/mol. The Kier molecular flexibility index (Phi) is 4.95. The van der Waals surface area contributed by atoms with Crippen LogP contribution in [0.4, 0.5) is 21.9 Å². The van der Waals surface area contributed by atoms with Gasteiger partial charge in [-0.15, -0.1) is 0 Å². The topological polar surface area (TPSA) is 72.7 Å². The maximum absolute atomic E-state index is 12.3. The first-order valence-electron chi connectivity index (χ1n) is 6.50. The number of benzene rings is 2. The number of nitro groups is 1. The first-order valence-corrected chi connectivity index (χ1v) is 6.88.